The number of ketones is 1. The molecule has 25 heavy (non-hydrogen) atoms. The molecule has 1 aliphatic rings. The van der Waals surface area contributed by atoms with Crippen molar-refractivity contribution in [2.45, 2.75) is 39.2 Å². The number of nitrogens with two attached hydrogens (primary N) is 1. The number of ether oxygens (including phenoxy) is 1. The average molecular weight is 405 g/mol. The van der Waals surface area contributed by atoms with Crippen LogP contribution in [0.1, 0.15) is 58.3 Å². The molecule has 2 aromatic rings. The summed E-state index contributed by atoms with van der Waals surface area (Å²) in [5, 5.41) is 0. The topological polar surface area (TPSA) is 74.3 Å². The van der Waals surface area contributed by atoms with Crippen molar-refractivity contribution in [3.8, 4) is 0 Å². The number of fused-ring (bicyclic) bond motifs is 1. The number of hydrogen-bond donors (Lipinski definition) is 1. The van der Waals surface area contributed by atoms with Gasteiger partial charge in [0, 0.05) is 22.3 Å². The van der Waals surface area contributed by atoms with E-state index in [0.717, 1.165) is 35.8 Å². The lowest BCUT2D eigenvalue weighted by Gasteiger charge is -2.10. The molecule has 0 saturated carbocycles. The van der Waals surface area contributed by atoms with Gasteiger partial charge < -0.3 is 15.0 Å². The van der Waals surface area contributed by atoms with Crippen LogP contribution in [0, 0.1) is 0 Å². The summed E-state index contributed by atoms with van der Waals surface area (Å²) in [7, 11) is 0. The number of anilines is 1. The summed E-state index contributed by atoms with van der Waals surface area (Å²) < 4.78 is 8.01. The summed E-state index contributed by atoms with van der Waals surface area (Å²) in [6.07, 6.45) is 3.73. The zero-order valence-electron chi connectivity index (χ0n) is 14.2. The van der Waals surface area contributed by atoms with E-state index in [2.05, 4.69) is 15.9 Å². The van der Waals surface area contributed by atoms with Gasteiger partial charge in [0.2, 0.25) is 5.78 Å². The number of benzene rings is 1. The van der Waals surface area contributed by atoms with Crippen molar-refractivity contribution in [3.05, 3.63) is 51.3 Å². The van der Waals surface area contributed by atoms with Crippen LogP contribution >= 0.6 is 15.9 Å². The molecule has 0 fully saturated rings. The Hall–Kier alpha value is -2.08. The number of nitrogens with zero attached hydrogens (tertiary/aromatic N) is 1. The molecule has 0 radical (unpaired) electrons. The van der Waals surface area contributed by atoms with Gasteiger partial charge in [0.05, 0.1) is 12.3 Å². The highest BCUT2D eigenvalue weighted by atomic mass is 79.9. The maximum absolute atomic E-state index is 13.1. The van der Waals surface area contributed by atoms with Gasteiger partial charge in [-0.2, -0.15) is 0 Å². The Morgan fingerprint density at radius 3 is 2.60 bits per heavy atom. The normalized spacial score (nSPS) is 13.8. The molecule has 2 heterocycles. The first-order chi connectivity index (χ1) is 12.0. The average Bonchev–Trinajstić information content (AvgIpc) is 2.73. The van der Waals surface area contributed by atoms with E-state index in [4.69, 9.17) is 10.5 Å². The van der Waals surface area contributed by atoms with E-state index in [1.165, 1.54) is 0 Å². The van der Waals surface area contributed by atoms with Crippen LogP contribution < -0.4 is 5.73 Å². The van der Waals surface area contributed by atoms with Crippen molar-refractivity contribution in [1.29, 1.82) is 0 Å². The number of esters is 1. The van der Waals surface area contributed by atoms with Crippen molar-refractivity contribution >= 4 is 33.4 Å². The number of aromatic nitrogens is 1. The van der Waals surface area contributed by atoms with Crippen molar-refractivity contribution in [3.63, 3.8) is 0 Å². The third kappa shape index (κ3) is 3.35. The monoisotopic (exact) mass is 404 g/mol. The summed E-state index contributed by atoms with van der Waals surface area (Å²) in [6.45, 7) is 2.73. The Labute approximate surface area is 155 Å². The minimum atomic E-state index is -0.444. The van der Waals surface area contributed by atoms with Crippen LogP contribution in [0.3, 0.4) is 0 Å². The molecule has 1 aliphatic heterocycles. The molecular weight excluding hydrogens is 384 g/mol. The Morgan fingerprint density at radius 1 is 1.20 bits per heavy atom. The number of halogens is 1. The second-order valence-electron chi connectivity index (χ2n) is 6.10. The summed E-state index contributed by atoms with van der Waals surface area (Å²) in [5.41, 5.74) is 8.67. The Morgan fingerprint density at radius 2 is 1.92 bits per heavy atom. The lowest BCUT2D eigenvalue weighted by atomic mass is 10.1. The molecule has 6 heteroatoms. The molecule has 1 aromatic heterocycles. The van der Waals surface area contributed by atoms with Gasteiger partial charge in [-0.05, 0) is 50.5 Å². The van der Waals surface area contributed by atoms with Crippen LogP contribution in [0.5, 0.6) is 0 Å². The number of carbonyl (C=O) groups is 2. The number of nitrogen functional groups attached to an aromatic ring is 1. The third-order valence-electron chi connectivity index (χ3n) is 4.51. The van der Waals surface area contributed by atoms with Crippen molar-refractivity contribution in [1.82, 2.24) is 4.57 Å². The fourth-order valence-electron chi connectivity index (χ4n) is 3.35. The van der Waals surface area contributed by atoms with E-state index in [-0.39, 0.29) is 18.1 Å². The van der Waals surface area contributed by atoms with Gasteiger partial charge in [-0.3, -0.25) is 4.79 Å². The molecule has 3 rings (SSSR count). The predicted molar refractivity (Wildman–Crippen MR) is 99.9 cm³/mol. The molecule has 1 aromatic carbocycles. The quantitative estimate of drug-likeness (QED) is 0.617. The van der Waals surface area contributed by atoms with Gasteiger partial charge in [-0.1, -0.05) is 22.4 Å². The van der Waals surface area contributed by atoms with E-state index in [0.29, 0.717) is 23.4 Å². The lowest BCUT2D eigenvalue weighted by Crippen LogP contribution is -2.13. The fraction of sp³-hybridized carbons (Fsp3) is 0.368. The predicted octanol–water partition coefficient (Wildman–Crippen LogP) is 3.97. The molecule has 132 valence electrons. The largest absolute Gasteiger partial charge is 0.462 e. The highest BCUT2D eigenvalue weighted by Gasteiger charge is 2.30. The highest BCUT2D eigenvalue weighted by molar-refractivity contribution is 9.10. The zero-order chi connectivity index (χ0) is 18.0. The summed E-state index contributed by atoms with van der Waals surface area (Å²) in [4.78, 5) is 25.5. The maximum Gasteiger partial charge on any atom is 0.342 e. The van der Waals surface area contributed by atoms with Crippen LogP contribution in [0.15, 0.2) is 28.7 Å². The number of hydrogen-bond acceptors (Lipinski definition) is 4. The van der Waals surface area contributed by atoms with Gasteiger partial charge in [0.15, 0.2) is 0 Å². The molecule has 0 bridgehead atoms. The molecule has 0 atom stereocenters. The second-order valence-corrected chi connectivity index (χ2v) is 7.02. The lowest BCUT2D eigenvalue weighted by molar-refractivity contribution is 0.0526. The molecule has 0 spiro atoms. The minimum Gasteiger partial charge on any atom is -0.462 e. The van der Waals surface area contributed by atoms with E-state index >= 15 is 0 Å². The van der Waals surface area contributed by atoms with Crippen LogP contribution in [0.25, 0.3) is 0 Å². The maximum atomic E-state index is 13.1. The molecular formula is C19H21BrN2O3. The van der Waals surface area contributed by atoms with Gasteiger partial charge in [-0.25, -0.2) is 4.79 Å². The summed E-state index contributed by atoms with van der Waals surface area (Å²) in [6, 6.07) is 7.16. The van der Waals surface area contributed by atoms with Gasteiger partial charge in [0.1, 0.15) is 11.3 Å². The van der Waals surface area contributed by atoms with Gasteiger partial charge in [0.25, 0.3) is 0 Å². The summed E-state index contributed by atoms with van der Waals surface area (Å²) in [5.74, 6) is -0.607. The molecule has 2 N–H and O–H groups in total. The highest BCUT2D eigenvalue weighted by Crippen LogP contribution is 2.32. The molecule has 0 aliphatic carbocycles. The van der Waals surface area contributed by atoms with E-state index in [1.54, 1.807) is 19.1 Å². The molecule has 0 amide bonds. The Bertz CT molecular complexity index is 809. The molecule has 0 unspecified atom stereocenters. The number of carbonyl (C=O) groups excluding carboxylic acids is 2. The van der Waals surface area contributed by atoms with E-state index in [1.807, 2.05) is 16.7 Å². The number of rotatable bonds is 4. The van der Waals surface area contributed by atoms with Gasteiger partial charge in [-0.15, -0.1) is 0 Å². The Kier molecular flexibility index (Phi) is 5.27. The summed E-state index contributed by atoms with van der Waals surface area (Å²) >= 11 is 3.37. The first-order valence-electron chi connectivity index (χ1n) is 8.52. The van der Waals surface area contributed by atoms with Gasteiger partial charge >= 0.3 is 5.97 Å². The second kappa shape index (κ2) is 7.44. The standard InChI is InChI=1S/C19H21BrN2O3/c1-2-25-19(24)15-14-6-4-3-5-11-22(14)17(16(15)21)18(23)12-7-9-13(20)10-8-12/h7-10H,2-6,11,21H2,1H3. The minimum absolute atomic E-state index is 0.163. The SMILES string of the molecule is CCOC(=O)c1c(N)c(C(=O)c2ccc(Br)cc2)n2c1CCCCC2. The van der Waals surface area contributed by atoms with Crippen LogP contribution in [-0.4, -0.2) is 22.9 Å². The van der Waals surface area contributed by atoms with Crippen molar-refractivity contribution < 1.29 is 14.3 Å². The van der Waals surface area contributed by atoms with Crippen molar-refractivity contribution in [2.24, 2.45) is 0 Å². The molecule has 0 saturated heterocycles. The van der Waals surface area contributed by atoms with Crippen LogP contribution in [0.4, 0.5) is 5.69 Å². The van der Waals surface area contributed by atoms with Crippen molar-refractivity contribution in [2.75, 3.05) is 12.3 Å². The third-order valence-corrected chi connectivity index (χ3v) is 5.03. The Balaban J connectivity index is 2.14. The van der Waals surface area contributed by atoms with E-state index in [9.17, 15) is 9.59 Å². The van der Waals surface area contributed by atoms with E-state index < -0.39 is 5.97 Å². The first-order valence-corrected chi connectivity index (χ1v) is 9.32. The smallest absolute Gasteiger partial charge is 0.342 e. The van der Waals surface area contributed by atoms with Crippen LogP contribution in [-0.2, 0) is 17.7 Å². The first kappa shape index (κ1) is 17.7. The zero-order valence-corrected chi connectivity index (χ0v) is 15.8. The fourth-order valence-corrected chi connectivity index (χ4v) is 3.61. The molecule has 5 nitrogen and oxygen atoms in total. The van der Waals surface area contributed by atoms with Crippen LogP contribution in [0.2, 0.25) is 0 Å².